The normalized spacial score (nSPS) is 10.3. The Morgan fingerprint density at radius 1 is 1.50 bits per heavy atom. The molecular formula is C11H9FN2O2S2. The molecule has 0 saturated carbocycles. The summed E-state index contributed by atoms with van der Waals surface area (Å²) in [5.74, 6) is -0.795. The van der Waals surface area contributed by atoms with Gasteiger partial charge in [-0.2, -0.15) is 0 Å². The van der Waals surface area contributed by atoms with Crippen LogP contribution in [0.5, 0.6) is 0 Å². The Morgan fingerprint density at radius 3 is 3.06 bits per heavy atom. The lowest BCUT2D eigenvalue weighted by atomic mass is 10.4. The summed E-state index contributed by atoms with van der Waals surface area (Å²) in [4.78, 5) is 12.1. The molecule has 1 aromatic heterocycles. The number of nitrogens with zero attached hydrogens (tertiary/aromatic N) is 2. The van der Waals surface area contributed by atoms with Gasteiger partial charge in [0.15, 0.2) is 4.34 Å². The molecular weight excluding hydrogens is 275 g/mol. The number of hydrogen-bond acceptors (Lipinski definition) is 6. The van der Waals surface area contributed by atoms with E-state index in [9.17, 15) is 9.18 Å². The number of hydrogen-bond donors (Lipinski definition) is 0. The molecule has 0 bridgehead atoms. The van der Waals surface area contributed by atoms with E-state index in [0.29, 0.717) is 15.8 Å². The van der Waals surface area contributed by atoms with Crippen LogP contribution in [0.25, 0.3) is 0 Å². The summed E-state index contributed by atoms with van der Waals surface area (Å²) in [6.45, 7) is 2.02. The van der Waals surface area contributed by atoms with Gasteiger partial charge in [-0.15, -0.1) is 10.2 Å². The Hall–Kier alpha value is -1.47. The van der Waals surface area contributed by atoms with Gasteiger partial charge in [0.1, 0.15) is 5.82 Å². The summed E-state index contributed by atoms with van der Waals surface area (Å²) in [5, 5.41) is 7.79. The molecule has 0 aliphatic carbocycles. The zero-order valence-corrected chi connectivity index (χ0v) is 11.1. The number of rotatable bonds is 4. The van der Waals surface area contributed by atoms with Crippen molar-refractivity contribution in [3.63, 3.8) is 0 Å². The molecule has 0 saturated heterocycles. The Morgan fingerprint density at radius 2 is 2.33 bits per heavy atom. The average Bonchev–Trinajstić information content (AvgIpc) is 2.78. The predicted octanol–water partition coefficient (Wildman–Crippen LogP) is 3.01. The Bertz CT molecular complexity index is 559. The minimum absolute atomic E-state index is 0.204. The number of carbonyl (C=O) groups is 1. The van der Waals surface area contributed by atoms with Crippen molar-refractivity contribution in [2.75, 3.05) is 6.61 Å². The van der Waals surface area contributed by atoms with Crippen molar-refractivity contribution in [2.45, 2.75) is 16.2 Å². The summed E-state index contributed by atoms with van der Waals surface area (Å²) in [5.41, 5.74) is 0. The lowest BCUT2D eigenvalue weighted by Crippen LogP contribution is -2.03. The topological polar surface area (TPSA) is 52.1 Å². The molecule has 0 N–H and O–H groups in total. The minimum Gasteiger partial charge on any atom is -0.461 e. The van der Waals surface area contributed by atoms with Gasteiger partial charge in [0.05, 0.1) is 6.61 Å². The van der Waals surface area contributed by atoms with E-state index in [-0.39, 0.29) is 10.8 Å². The molecule has 2 aromatic rings. The zero-order valence-electron chi connectivity index (χ0n) is 9.42. The molecule has 7 heteroatoms. The Balaban J connectivity index is 2.09. The van der Waals surface area contributed by atoms with Crippen molar-refractivity contribution in [1.82, 2.24) is 10.2 Å². The van der Waals surface area contributed by atoms with Gasteiger partial charge in [-0.05, 0) is 25.1 Å². The fourth-order valence-electron chi connectivity index (χ4n) is 1.16. The van der Waals surface area contributed by atoms with Gasteiger partial charge in [0.25, 0.3) is 0 Å². The first-order chi connectivity index (χ1) is 8.69. The van der Waals surface area contributed by atoms with Crippen LogP contribution in [0.1, 0.15) is 16.7 Å². The molecule has 0 unspecified atom stereocenters. The van der Waals surface area contributed by atoms with E-state index >= 15 is 0 Å². The molecule has 2 rings (SSSR count). The minimum atomic E-state index is -0.485. The van der Waals surface area contributed by atoms with Gasteiger partial charge >= 0.3 is 5.97 Å². The summed E-state index contributed by atoms with van der Waals surface area (Å²) < 4.78 is 18.4. The number of benzene rings is 1. The van der Waals surface area contributed by atoms with E-state index in [1.54, 1.807) is 19.1 Å². The first-order valence-electron chi connectivity index (χ1n) is 5.13. The monoisotopic (exact) mass is 284 g/mol. The number of carbonyl (C=O) groups excluding carboxylic acids is 1. The van der Waals surface area contributed by atoms with Crippen LogP contribution in [-0.2, 0) is 4.74 Å². The van der Waals surface area contributed by atoms with Gasteiger partial charge < -0.3 is 4.74 Å². The molecule has 1 aromatic carbocycles. The Kier molecular flexibility index (Phi) is 4.27. The van der Waals surface area contributed by atoms with E-state index in [1.807, 2.05) is 0 Å². The van der Waals surface area contributed by atoms with Crippen LogP contribution in [0.15, 0.2) is 33.5 Å². The van der Waals surface area contributed by atoms with Crippen molar-refractivity contribution in [3.8, 4) is 0 Å². The first kappa shape index (κ1) is 13.0. The second-order valence-electron chi connectivity index (χ2n) is 3.15. The van der Waals surface area contributed by atoms with Crippen molar-refractivity contribution >= 4 is 29.1 Å². The SMILES string of the molecule is CCOC(=O)c1nnc(Sc2cccc(F)c2)s1. The molecule has 0 fully saturated rings. The molecule has 94 valence electrons. The third-order valence-electron chi connectivity index (χ3n) is 1.86. The van der Waals surface area contributed by atoms with Crippen molar-refractivity contribution < 1.29 is 13.9 Å². The smallest absolute Gasteiger partial charge is 0.369 e. The van der Waals surface area contributed by atoms with Gasteiger partial charge in [-0.25, -0.2) is 9.18 Å². The third kappa shape index (κ3) is 3.27. The largest absolute Gasteiger partial charge is 0.461 e. The molecule has 4 nitrogen and oxygen atoms in total. The van der Waals surface area contributed by atoms with Crippen molar-refractivity contribution in [2.24, 2.45) is 0 Å². The second kappa shape index (κ2) is 5.92. The van der Waals surface area contributed by atoms with Gasteiger partial charge in [0, 0.05) is 4.90 Å². The highest BCUT2D eigenvalue weighted by molar-refractivity contribution is 8.01. The van der Waals surface area contributed by atoms with E-state index < -0.39 is 5.97 Å². The van der Waals surface area contributed by atoms with Crippen molar-refractivity contribution in [1.29, 1.82) is 0 Å². The zero-order chi connectivity index (χ0) is 13.0. The quantitative estimate of drug-likeness (QED) is 0.808. The summed E-state index contributed by atoms with van der Waals surface area (Å²) in [6, 6.07) is 6.15. The van der Waals surface area contributed by atoms with Crippen LogP contribution in [0.2, 0.25) is 0 Å². The lowest BCUT2D eigenvalue weighted by Gasteiger charge is -1.96. The van der Waals surface area contributed by atoms with Gasteiger partial charge in [-0.1, -0.05) is 29.2 Å². The molecule has 0 atom stereocenters. The lowest BCUT2D eigenvalue weighted by molar-refractivity contribution is 0.0525. The standard InChI is InChI=1S/C11H9FN2O2S2/c1-2-16-10(15)9-13-14-11(18-9)17-8-5-3-4-7(12)6-8/h3-6H,2H2,1H3. The maximum Gasteiger partial charge on any atom is 0.369 e. The average molecular weight is 284 g/mol. The van der Waals surface area contributed by atoms with Gasteiger partial charge in [-0.3, -0.25) is 0 Å². The highest BCUT2D eigenvalue weighted by atomic mass is 32.2. The van der Waals surface area contributed by atoms with E-state index in [0.717, 1.165) is 11.3 Å². The van der Waals surface area contributed by atoms with Crippen LogP contribution in [0.3, 0.4) is 0 Å². The molecule has 18 heavy (non-hydrogen) atoms. The maximum atomic E-state index is 13.0. The van der Waals surface area contributed by atoms with Crippen LogP contribution in [0, 0.1) is 5.82 Å². The summed E-state index contributed by atoms with van der Waals surface area (Å²) in [6.07, 6.45) is 0. The number of halogens is 1. The van der Waals surface area contributed by atoms with Crippen LogP contribution in [-0.4, -0.2) is 22.8 Å². The Labute approximate surface area is 111 Å². The summed E-state index contributed by atoms with van der Waals surface area (Å²) >= 11 is 2.38. The van der Waals surface area contributed by atoms with Crippen LogP contribution < -0.4 is 0 Å². The number of esters is 1. The highest BCUT2D eigenvalue weighted by Gasteiger charge is 2.14. The molecule has 1 heterocycles. The van der Waals surface area contributed by atoms with E-state index in [1.165, 1.54) is 23.9 Å². The van der Waals surface area contributed by atoms with E-state index in [4.69, 9.17) is 4.74 Å². The molecule has 0 radical (unpaired) electrons. The van der Waals surface area contributed by atoms with Gasteiger partial charge in [0.2, 0.25) is 5.01 Å². The number of aromatic nitrogens is 2. The van der Waals surface area contributed by atoms with E-state index in [2.05, 4.69) is 10.2 Å². The third-order valence-corrected chi connectivity index (χ3v) is 3.80. The fourth-order valence-corrected chi connectivity index (χ4v) is 2.92. The van der Waals surface area contributed by atoms with Crippen LogP contribution in [0.4, 0.5) is 4.39 Å². The molecule has 0 amide bonds. The predicted molar refractivity (Wildman–Crippen MR) is 66.4 cm³/mol. The summed E-state index contributed by atoms with van der Waals surface area (Å²) in [7, 11) is 0. The molecule has 0 aliphatic heterocycles. The molecule has 0 aliphatic rings. The van der Waals surface area contributed by atoms with Crippen molar-refractivity contribution in [3.05, 3.63) is 35.1 Å². The fraction of sp³-hybridized carbons (Fsp3) is 0.182. The highest BCUT2D eigenvalue weighted by Crippen LogP contribution is 2.30. The second-order valence-corrected chi connectivity index (χ2v) is 5.45. The maximum absolute atomic E-state index is 13.0. The van der Waals surface area contributed by atoms with Crippen LogP contribution >= 0.6 is 23.1 Å². The first-order valence-corrected chi connectivity index (χ1v) is 6.76. The molecule has 0 spiro atoms. The number of ether oxygens (including phenoxy) is 1.